The number of benzene rings is 1. The van der Waals surface area contributed by atoms with Crippen molar-refractivity contribution >= 4 is 28.7 Å². The lowest BCUT2D eigenvalue weighted by molar-refractivity contribution is -0.118. The van der Waals surface area contributed by atoms with Crippen LogP contribution in [0.15, 0.2) is 60.1 Å². The Morgan fingerprint density at radius 3 is 2.82 bits per heavy atom. The molecule has 0 aliphatic heterocycles. The van der Waals surface area contributed by atoms with Crippen molar-refractivity contribution in [2.24, 2.45) is 0 Å². The minimum Gasteiger partial charge on any atom is -0.484 e. The molecule has 0 fully saturated rings. The minimum absolute atomic E-state index is 0.144. The summed E-state index contributed by atoms with van der Waals surface area (Å²) >= 11 is 1.57. The highest BCUT2D eigenvalue weighted by molar-refractivity contribution is 7.13. The SMILES string of the molecule is Cc1ccn2c(NC(=O)COc3ccc(C#N)cc3)c(-c3cccs3)nc2c1. The molecule has 0 aliphatic carbocycles. The lowest BCUT2D eigenvalue weighted by Crippen LogP contribution is -2.21. The minimum atomic E-state index is -0.287. The number of nitrogens with zero attached hydrogens (tertiary/aromatic N) is 3. The van der Waals surface area contributed by atoms with E-state index in [-0.39, 0.29) is 12.5 Å². The molecule has 4 aromatic rings. The van der Waals surface area contributed by atoms with Crippen LogP contribution in [0.2, 0.25) is 0 Å². The normalized spacial score (nSPS) is 10.6. The summed E-state index contributed by atoms with van der Waals surface area (Å²) in [5.41, 5.74) is 3.13. The van der Waals surface area contributed by atoms with Crippen LogP contribution < -0.4 is 10.1 Å². The monoisotopic (exact) mass is 388 g/mol. The van der Waals surface area contributed by atoms with Crippen LogP contribution in [0.4, 0.5) is 5.82 Å². The maximum absolute atomic E-state index is 12.5. The second-order valence-corrected chi connectivity index (χ2v) is 7.14. The van der Waals surface area contributed by atoms with E-state index in [1.807, 2.05) is 53.2 Å². The third kappa shape index (κ3) is 3.59. The average Bonchev–Trinajstić information content (AvgIpc) is 3.35. The Labute approximate surface area is 165 Å². The molecule has 3 heterocycles. The zero-order chi connectivity index (χ0) is 19.5. The number of carbonyl (C=O) groups is 1. The molecule has 7 heteroatoms. The fourth-order valence-electron chi connectivity index (χ4n) is 2.79. The van der Waals surface area contributed by atoms with E-state index in [0.29, 0.717) is 17.1 Å². The van der Waals surface area contributed by atoms with Crippen molar-refractivity contribution < 1.29 is 9.53 Å². The molecule has 0 bridgehead atoms. The maximum atomic E-state index is 12.5. The van der Waals surface area contributed by atoms with Gasteiger partial charge in [-0.25, -0.2) is 4.98 Å². The van der Waals surface area contributed by atoms with Crippen LogP contribution in [0.3, 0.4) is 0 Å². The molecule has 0 aliphatic rings. The van der Waals surface area contributed by atoms with Gasteiger partial charge >= 0.3 is 0 Å². The highest BCUT2D eigenvalue weighted by Crippen LogP contribution is 2.32. The molecule has 1 amide bonds. The highest BCUT2D eigenvalue weighted by atomic mass is 32.1. The number of hydrogen-bond acceptors (Lipinski definition) is 5. The molecule has 4 rings (SSSR count). The molecule has 0 radical (unpaired) electrons. The second-order valence-electron chi connectivity index (χ2n) is 6.19. The van der Waals surface area contributed by atoms with Gasteiger partial charge in [-0.05, 0) is 60.3 Å². The van der Waals surface area contributed by atoms with Crippen molar-refractivity contribution in [3.63, 3.8) is 0 Å². The summed E-state index contributed by atoms with van der Waals surface area (Å²) in [4.78, 5) is 18.2. The summed E-state index contributed by atoms with van der Waals surface area (Å²) in [5.74, 6) is 0.858. The van der Waals surface area contributed by atoms with E-state index in [1.54, 1.807) is 35.6 Å². The van der Waals surface area contributed by atoms with Crippen LogP contribution in [0.5, 0.6) is 5.75 Å². The van der Waals surface area contributed by atoms with E-state index < -0.39 is 0 Å². The summed E-state index contributed by atoms with van der Waals surface area (Å²) in [6, 6.07) is 16.5. The van der Waals surface area contributed by atoms with E-state index in [4.69, 9.17) is 15.0 Å². The molecule has 0 saturated heterocycles. The van der Waals surface area contributed by atoms with E-state index in [2.05, 4.69) is 5.32 Å². The number of aryl methyl sites for hydroxylation is 1. The van der Waals surface area contributed by atoms with Crippen molar-refractivity contribution in [1.82, 2.24) is 9.38 Å². The van der Waals surface area contributed by atoms with Crippen LogP contribution in [-0.4, -0.2) is 21.9 Å². The van der Waals surface area contributed by atoms with Gasteiger partial charge in [0.05, 0.1) is 16.5 Å². The van der Waals surface area contributed by atoms with Crippen molar-refractivity contribution in [3.05, 3.63) is 71.2 Å². The summed E-state index contributed by atoms with van der Waals surface area (Å²) in [7, 11) is 0. The third-order valence-corrected chi connectivity index (χ3v) is 5.02. The average molecular weight is 388 g/mol. The molecule has 0 unspecified atom stereocenters. The Balaban J connectivity index is 1.57. The molecule has 0 saturated carbocycles. The number of thiophene rings is 1. The smallest absolute Gasteiger partial charge is 0.263 e. The lowest BCUT2D eigenvalue weighted by Gasteiger charge is -2.09. The lowest BCUT2D eigenvalue weighted by atomic mass is 10.2. The summed E-state index contributed by atoms with van der Waals surface area (Å²) in [6.45, 7) is 1.86. The predicted molar refractivity (Wildman–Crippen MR) is 109 cm³/mol. The number of amides is 1. The first-order valence-electron chi connectivity index (χ1n) is 8.59. The number of anilines is 1. The van der Waals surface area contributed by atoms with Crippen molar-refractivity contribution in [2.45, 2.75) is 6.92 Å². The van der Waals surface area contributed by atoms with Gasteiger partial charge in [-0.1, -0.05) is 6.07 Å². The number of carbonyl (C=O) groups excluding carboxylic acids is 1. The van der Waals surface area contributed by atoms with Crippen LogP contribution in [-0.2, 0) is 4.79 Å². The van der Waals surface area contributed by atoms with Gasteiger partial charge in [-0.3, -0.25) is 9.20 Å². The van der Waals surface area contributed by atoms with E-state index in [1.165, 1.54) is 0 Å². The zero-order valence-corrected chi connectivity index (χ0v) is 15.9. The van der Waals surface area contributed by atoms with Gasteiger partial charge in [0.1, 0.15) is 22.9 Å². The molecule has 3 aromatic heterocycles. The highest BCUT2D eigenvalue weighted by Gasteiger charge is 2.17. The van der Waals surface area contributed by atoms with Crippen molar-refractivity contribution in [3.8, 4) is 22.4 Å². The number of rotatable bonds is 5. The van der Waals surface area contributed by atoms with Gasteiger partial charge in [-0.2, -0.15) is 5.26 Å². The van der Waals surface area contributed by atoms with Crippen LogP contribution in [0, 0.1) is 18.3 Å². The van der Waals surface area contributed by atoms with Crippen LogP contribution >= 0.6 is 11.3 Å². The van der Waals surface area contributed by atoms with E-state index >= 15 is 0 Å². The van der Waals surface area contributed by atoms with Crippen molar-refractivity contribution in [1.29, 1.82) is 5.26 Å². The van der Waals surface area contributed by atoms with Gasteiger partial charge in [0.15, 0.2) is 6.61 Å². The Kier molecular flexibility index (Phi) is 4.79. The standard InChI is InChI=1S/C21H16N4O2S/c1-14-8-9-25-18(11-14)23-20(17-3-2-10-28-17)21(25)24-19(26)13-27-16-6-4-15(12-22)5-7-16/h2-11H,13H2,1H3,(H,24,26). The third-order valence-electron chi connectivity index (χ3n) is 4.15. The largest absolute Gasteiger partial charge is 0.484 e. The molecule has 138 valence electrons. The number of hydrogen-bond donors (Lipinski definition) is 1. The van der Waals surface area contributed by atoms with Gasteiger partial charge in [0.25, 0.3) is 5.91 Å². The molecule has 0 atom stereocenters. The fraction of sp³-hybridized carbons (Fsp3) is 0.0952. The number of fused-ring (bicyclic) bond motifs is 1. The Morgan fingerprint density at radius 1 is 1.29 bits per heavy atom. The van der Waals surface area contributed by atoms with Gasteiger partial charge in [0.2, 0.25) is 0 Å². The van der Waals surface area contributed by atoms with Gasteiger partial charge in [-0.15, -0.1) is 11.3 Å². The predicted octanol–water partition coefficient (Wildman–Crippen LogP) is 4.26. The van der Waals surface area contributed by atoms with E-state index in [9.17, 15) is 4.79 Å². The first kappa shape index (κ1) is 17.8. The Morgan fingerprint density at radius 2 is 2.11 bits per heavy atom. The topological polar surface area (TPSA) is 79.4 Å². The van der Waals surface area contributed by atoms with Gasteiger partial charge in [0, 0.05) is 6.20 Å². The maximum Gasteiger partial charge on any atom is 0.263 e. The first-order chi connectivity index (χ1) is 13.6. The number of nitriles is 1. The summed E-state index contributed by atoms with van der Waals surface area (Å²) in [5, 5.41) is 13.7. The Hall–Kier alpha value is -3.63. The number of nitrogens with one attached hydrogen (secondary N) is 1. The molecule has 1 N–H and O–H groups in total. The second kappa shape index (κ2) is 7.55. The number of ether oxygens (including phenoxy) is 1. The molecule has 28 heavy (non-hydrogen) atoms. The van der Waals surface area contributed by atoms with Crippen LogP contribution in [0.1, 0.15) is 11.1 Å². The summed E-state index contributed by atoms with van der Waals surface area (Å²) < 4.78 is 7.39. The van der Waals surface area contributed by atoms with Crippen molar-refractivity contribution in [2.75, 3.05) is 11.9 Å². The number of aromatic nitrogens is 2. The quantitative estimate of drug-likeness (QED) is 0.554. The first-order valence-corrected chi connectivity index (χ1v) is 9.47. The molecule has 1 aromatic carbocycles. The number of imidazole rings is 1. The molecule has 6 nitrogen and oxygen atoms in total. The van der Waals surface area contributed by atoms with Crippen LogP contribution in [0.25, 0.3) is 16.2 Å². The molecular weight excluding hydrogens is 372 g/mol. The Bertz CT molecular complexity index is 1170. The molecule has 0 spiro atoms. The zero-order valence-electron chi connectivity index (χ0n) is 15.0. The van der Waals surface area contributed by atoms with E-state index in [0.717, 1.165) is 21.8 Å². The van der Waals surface area contributed by atoms with Gasteiger partial charge < -0.3 is 10.1 Å². The number of pyridine rings is 1. The summed E-state index contributed by atoms with van der Waals surface area (Å²) in [6.07, 6.45) is 1.89. The molecular formula is C21H16N4O2S. The fourth-order valence-corrected chi connectivity index (χ4v) is 3.51.